The van der Waals surface area contributed by atoms with Gasteiger partial charge in [-0.25, -0.2) is 4.79 Å². The van der Waals surface area contributed by atoms with Gasteiger partial charge in [0, 0.05) is 0 Å². The van der Waals surface area contributed by atoms with Crippen LogP contribution in [-0.4, -0.2) is 23.6 Å². The van der Waals surface area contributed by atoms with Crippen molar-refractivity contribution < 1.29 is 9.53 Å². The number of hydrogen-bond donors (Lipinski definition) is 0. The van der Waals surface area contributed by atoms with E-state index in [-0.39, 0.29) is 12.1 Å². The Bertz CT molecular complexity index is 252. The number of carbonyl (C=O) groups is 1. The lowest BCUT2D eigenvalue weighted by Crippen LogP contribution is -2.32. The van der Waals surface area contributed by atoms with Crippen molar-refractivity contribution >= 4 is 6.09 Å². The van der Waals surface area contributed by atoms with Gasteiger partial charge in [0.1, 0.15) is 6.61 Å². The second-order valence-electron chi connectivity index (χ2n) is 3.38. The Morgan fingerprint density at radius 3 is 2.92 bits per heavy atom. The molecule has 0 unspecified atom stereocenters. The maximum absolute atomic E-state index is 11.2. The number of nitrogens with zero attached hydrogens (tertiary/aromatic N) is 1. The highest BCUT2D eigenvalue weighted by Crippen LogP contribution is 2.19. The van der Waals surface area contributed by atoms with Crippen LogP contribution < -0.4 is 0 Å². The topological polar surface area (TPSA) is 29.5 Å². The predicted molar refractivity (Wildman–Crippen MR) is 50.1 cm³/mol. The SMILES string of the molecule is CC=C=CN1C(=O)OC[C@@H]1C(C)C. The fraction of sp³-hybridized carbons (Fsp3) is 0.600. The highest BCUT2D eigenvalue weighted by Gasteiger charge is 2.33. The molecule has 1 amide bonds. The summed E-state index contributed by atoms with van der Waals surface area (Å²) in [6, 6.07) is 0.153. The number of amides is 1. The van der Waals surface area contributed by atoms with Gasteiger partial charge < -0.3 is 4.74 Å². The average Bonchev–Trinajstić information content (AvgIpc) is 2.43. The largest absolute Gasteiger partial charge is 0.447 e. The fourth-order valence-electron chi connectivity index (χ4n) is 1.26. The maximum Gasteiger partial charge on any atom is 0.414 e. The minimum atomic E-state index is -0.270. The summed E-state index contributed by atoms with van der Waals surface area (Å²) in [6.07, 6.45) is 3.15. The maximum atomic E-state index is 11.2. The van der Waals surface area contributed by atoms with Gasteiger partial charge in [0.05, 0.1) is 12.2 Å². The van der Waals surface area contributed by atoms with E-state index in [1.54, 1.807) is 17.2 Å². The molecule has 1 heterocycles. The molecule has 3 heteroatoms. The molecule has 0 N–H and O–H groups in total. The lowest BCUT2D eigenvalue weighted by atomic mass is 10.1. The Balaban J connectivity index is 2.77. The van der Waals surface area contributed by atoms with Crippen molar-refractivity contribution in [2.45, 2.75) is 26.8 Å². The second-order valence-corrected chi connectivity index (χ2v) is 3.38. The fourth-order valence-corrected chi connectivity index (χ4v) is 1.26. The van der Waals surface area contributed by atoms with Crippen LogP contribution >= 0.6 is 0 Å². The third-order valence-electron chi connectivity index (χ3n) is 2.10. The summed E-state index contributed by atoms with van der Waals surface area (Å²) in [5, 5.41) is 0. The van der Waals surface area contributed by atoms with E-state index in [2.05, 4.69) is 19.6 Å². The molecule has 13 heavy (non-hydrogen) atoms. The molecule has 72 valence electrons. The van der Waals surface area contributed by atoms with E-state index in [1.165, 1.54) is 0 Å². The van der Waals surface area contributed by atoms with Crippen molar-refractivity contribution in [3.63, 3.8) is 0 Å². The quantitative estimate of drug-likeness (QED) is 0.611. The standard InChI is InChI=1S/C10H15NO2/c1-4-5-6-11-9(8(2)3)7-13-10(11)12/h4,6,8-9H,7H2,1-3H3/t5?,9-/m1/s1. The van der Waals surface area contributed by atoms with Gasteiger partial charge in [-0.2, -0.15) is 0 Å². The first-order chi connectivity index (χ1) is 6.16. The number of ether oxygens (including phenoxy) is 1. The summed E-state index contributed by atoms with van der Waals surface area (Å²) >= 11 is 0. The molecule has 0 saturated carbocycles. The van der Waals surface area contributed by atoms with E-state index in [0.29, 0.717) is 12.5 Å². The number of hydrogen-bond acceptors (Lipinski definition) is 2. The average molecular weight is 181 g/mol. The van der Waals surface area contributed by atoms with Crippen LogP contribution in [0, 0.1) is 5.92 Å². The van der Waals surface area contributed by atoms with Crippen molar-refractivity contribution in [2.24, 2.45) is 5.92 Å². The van der Waals surface area contributed by atoms with Gasteiger partial charge >= 0.3 is 6.09 Å². The summed E-state index contributed by atoms with van der Waals surface area (Å²) < 4.78 is 4.94. The molecule has 0 aromatic carbocycles. The van der Waals surface area contributed by atoms with Crippen molar-refractivity contribution in [2.75, 3.05) is 6.61 Å². The van der Waals surface area contributed by atoms with Crippen molar-refractivity contribution in [1.82, 2.24) is 4.90 Å². The van der Waals surface area contributed by atoms with Crippen molar-refractivity contribution in [1.29, 1.82) is 0 Å². The molecule has 0 aromatic heterocycles. The highest BCUT2D eigenvalue weighted by atomic mass is 16.6. The first-order valence-corrected chi connectivity index (χ1v) is 4.49. The second kappa shape index (κ2) is 4.15. The molecule has 1 fully saturated rings. The highest BCUT2D eigenvalue weighted by molar-refractivity contribution is 5.71. The predicted octanol–water partition coefficient (Wildman–Crippen LogP) is 2.15. The van der Waals surface area contributed by atoms with Gasteiger partial charge in [0.2, 0.25) is 0 Å². The Labute approximate surface area is 78.7 Å². The van der Waals surface area contributed by atoms with E-state index in [4.69, 9.17) is 4.74 Å². The Kier molecular flexibility index (Phi) is 3.15. The van der Waals surface area contributed by atoms with E-state index >= 15 is 0 Å². The minimum Gasteiger partial charge on any atom is -0.447 e. The van der Waals surface area contributed by atoms with Gasteiger partial charge in [-0.3, -0.25) is 4.90 Å². The van der Waals surface area contributed by atoms with E-state index in [9.17, 15) is 4.79 Å². The van der Waals surface area contributed by atoms with Crippen LogP contribution in [0.15, 0.2) is 18.0 Å². The molecule has 0 spiro atoms. The molecule has 0 aromatic rings. The van der Waals surface area contributed by atoms with E-state index in [0.717, 1.165) is 0 Å². The molecule has 1 aliphatic heterocycles. The van der Waals surface area contributed by atoms with Crippen LogP contribution in [-0.2, 0) is 4.74 Å². The molecule has 1 aliphatic rings. The molecule has 1 atom stereocenters. The van der Waals surface area contributed by atoms with Crippen molar-refractivity contribution in [3.05, 3.63) is 18.0 Å². The van der Waals surface area contributed by atoms with Crippen LogP contribution in [0.5, 0.6) is 0 Å². The summed E-state index contributed by atoms with van der Waals surface area (Å²) in [4.78, 5) is 12.8. The molecule has 3 nitrogen and oxygen atoms in total. The first kappa shape index (κ1) is 9.87. The lowest BCUT2D eigenvalue weighted by Gasteiger charge is -2.19. The van der Waals surface area contributed by atoms with Gasteiger partial charge in [-0.1, -0.05) is 13.8 Å². The Morgan fingerprint density at radius 2 is 2.38 bits per heavy atom. The van der Waals surface area contributed by atoms with Crippen LogP contribution in [0.2, 0.25) is 0 Å². The summed E-state index contributed by atoms with van der Waals surface area (Å²) in [5.41, 5.74) is 2.88. The number of allylic oxidation sites excluding steroid dienone is 1. The smallest absolute Gasteiger partial charge is 0.414 e. The third-order valence-corrected chi connectivity index (χ3v) is 2.10. The van der Waals surface area contributed by atoms with E-state index in [1.807, 2.05) is 6.92 Å². The van der Waals surface area contributed by atoms with Crippen LogP contribution in [0.3, 0.4) is 0 Å². The van der Waals surface area contributed by atoms with Crippen LogP contribution in [0.1, 0.15) is 20.8 Å². The van der Waals surface area contributed by atoms with Crippen LogP contribution in [0.4, 0.5) is 4.79 Å². The van der Waals surface area contributed by atoms with Gasteiger partial charge in [-0.05, 0) is 18.9 Å². The third kappa shape index (κ3) is 2.13. The first-order valence-electron chi connectivity index (χ1n) is 4.49. The lowest BCUT2D eigenvalue weighted by molar-refractivity contribution is 0.166. The molecule has 1 saturated heterocycles. The van der Waals surface area contributed by atoms with Gasteiger partial charge in [-0.15, -0.1) is 5.73 Å². The molecular formula is C10H15NO2. The Hall–Kier alpha value is -1.21. The normalized spacial score (nSPS) is 21.4. The number of carbonyl (C=O) groups excluding carboxylic acids is 1. The van der Waals surface area contributed by atoms with E-state index < -0.39 is 0 Å². The van der Waals surface area contributed by atoms with Gasteiger partial charge in [0.25, 0.3) is 0 Å². The molecular weight excluding hydrogens is 166 g/mol. The zero-order chi connectivity index (χ0) is 9.84. The number of rotatable bonds is 2. The molecule has 0 radical (unpaired) electrons. The minimum absolute atomic E-state index is 0.153. The monoisotopic (exact) mass is 181 g/mol. The van der Waals surface area contributed by atoms with Crippen LogP contribution in [0.25, 0.3) is 0 Å². The Morgan fingerprint density at radius 1 is 1.69 bits per heavy atom. The van der Waals surface area contributed by atoms with Crippen molar-refractivity contribution in [3.8, 4) is 0 Å². The van der Waals surface area contributed by atoms with Gasteiger partial charge in [0.15, 0.2) is 0 Å². The zero-order valence-electron chi connectivity index (χ0n) is 8.28. The number of cyclic esters (lactones) is 1. The zero-order valence-corrected chi connectivity index (χ0v) is 8.28. The summed E-state index contributed by atoms with van der Waals surface area (Å²) in [6.45, 7) is 6.49. The molecule has 0 aliphatic carbocycles. The summed E-state index contributed by atoms with van der Waals surface area (Å²) in [7, 11) is 0. The molecule has 1 rings (SSSR count). The molecule has 0 bridgehead atoms. The summed E-state index contributed by atoms with van der Waals surface area (Å²) in [5.74, 6) is 0.404.